The Morgan fingerprint density at radius 1 is 1.08 bits per heavy atom. The van der Waals surface area contributed by atoms with Crippen LogP contribution in [0.2, 0.25) is 0 Å². The van der Waals surface area contributed by atoms with Gasteiger partial charge < -0.3 is 9.84 Å². The van der Waals surface area contributed by atoms with Gasteiger partial charge in [-0.2, -0.15) is 5.10 Å². The van der Waals surface area contributed by atoms with E-state index in [1.165, 1.54) is 30.5 Å². The molecule has 134 valence electrons. The van der Waals surface area contributed by atoms with Gasteiger partial charge >= 0.3 is 0 Å². The zero-order chi connectivity index (χ0) is 17.2. The summed E-state index contributed by atoms with van der Waals surface area (Å²) >= 11 is 0. The molecule has 1 aromatic heterocycles. The summed E-state index contributed by atoms with van der Waals surface area (Å²) in [5, 5.41) is 14.0. The number of rotatable bonds is 5. The van der Waals surface area contributed by atoms with Crippen molar-refractivity contribution < 1.29 is 9.84 Å². The summed E-state index contributed by atoms with van der Waals surface area (Å²) in [6.07, 6.45) is 9.35. The van der Waals surface area contributed by atoms with Gasteiger partial charge in [-0.25, -0.2) is 0 Å². The van der Waals surface area contributed by atoms with Crippen LogP contribution in [0.5, 0.6) is 0 Å². The van der Waals surface area contributed by atoms with Gasteiger partial charge in [0.1, 0.15) is 0 Å². The molecule has 0 aromatic carbocycles. The van der Waals surface area contributed by atoms with Gasteiger partial charge in [0.15, 0.2) is 0 Å². The van der Waals surface area contributed by atoms with Gasteiger partial charge in [0.2, 0.25) is 0 Å². The highest BCUT2D eigenvalue weighted by Gasteiger charge is 2.66. The Morgan fingerprint density at radius 3 is 2.29 bits per heavy atom. The first-order valence-corrected chi connectivity index (χ1v) is 9.44. The van der Waals surface area contributed by atoms with E-state index in [2.05, 4.69) is 37.5 Å². The van der Waals surface area contributed by atoms with Gasteiger partial charge in [-0.1, -0.05) is 13.8 Å². The van der Waals surface area contributed by atoms with E-state index in [-0.39, 0.29) is 17.6 Å². The standard InChI is InChI=1S/C20H32N2O2/c1-15-7-21-22(16(15)2)14-19-9-17(3)8-18(4,10-19)12-20(11-17,13-19)24-6-5-23/h7,23H,5-6,8-14H2,1-4H3. The number of ether oxygens (including phenoxy) is 1. The first kappa shape index (κ1) is 16.6. The molecule has 4 saturated carbocycles. The third-order valence-corrected chi connectivity index (χ3v) is 6.99. The average molecular weight is 332 g/mol. The quantitative estimate of drug-likeness (QED) is 0.896. The summed E-state index contributed by atoms with van der Waals surface area (Å²) in [4.78, 5) is 0. The molecule has 1 N–H and O–H groups in total. The van der Waals surface area contributed by atoms with Crippen LogP contribution in [-0.4, -0.2) is 33.7 Å². The van der Waals surface area contributed by atoms with E-state index in [9.17, 15) is 5.11 Å². The minimum atomic E-state index is -0.0307. The Balaban J connectivity index is 1.69. The van der Waals surface area contributed by atoms with Gasteiger partial charge in [0, 0.05) is 12.2 Å². The maximum atomic E-state index is 9.30. The first-order chi connectivity index (χ1) is 11.2. The second-order valence-corrected chi connectivity index (χ2v) is 10.0. The summed E-state index contributed by atoms with van der Waals surface area (Å²) in [5.41, 5.74) is 3.58. The maximum Gasteiger partial charge on any atom is 0.0705 e. The summed E-state index contributed by atoms with van der Waals surface area (Å²) in [6, 6.07) is 0. The van der Waals surface area contributed by atoms with E-state index in [1.54, 1.807) is 0 Å². The predicted octanol–water partition coefficient (Wildman–Crippen LogP) is 3.63. The van der Waals surface area contributed by atoms with Crippen LogP contribution >= 0.6 is 0 Å². The Bertz CT molecular complexity index is 632. The molecular formula is C20H32N2O2. The zero-order valence-electron chi connectivity index (χ0n) is 15.7. The van der Waals surface area contributed by atoms with E-state index in [0.717, 1.165) is 25.8 Å². The normalized spacial score (nSPS) is 43.5. The van der Waals surface area contributed by atoms with Crippen LogP contribution < -0.4 is 0 Å². The molecule has 0 radical (unpaired) electrons. The fourth-order valence-corrected chi connectivity index (χ4v) is 7.43. The van der Waals surface area contributed by atoms with Crippen LogP contribution in [0.15, 0.2) is 6.20 Å². The number of aryl methyl sites for hydroxylation is 1. The van der Waals surface area contributed by atoms with Crippen molar-refractivity contribution in [3.63, 3.8) is 0 Å². The lowest BCUT2D eigenvalue weighted by Crippen LogP contribution is -2.64. The lowest BCUT2D eigenvalue weighted by molar-refractivity contribution is -0.250. The van der Waals surface area contributed by atoms with E-state index >= 15 is 0 Å². The molecule has 4 fully saturated rings. The van der Waals surface area contributed by atoms with E-state index in [0.29, 0.717) is 17.4 Å². The Morgan fingerprint density at radius 2 is 1.75 bits per heavy atom. The number of hydrogen-bond donors (Lipinski definition) is 1. The maximum absolute atomic E-state index is 9.30. The second-order valence-electron chi connectivity index (χ2n) is 10.0. The second kappa shape index (κ2) is 5.07. The molecule has 2 unspecified atom stereocenters. The third-order valence-electron chi connectivity index (χ3n) is 6.99. The molecule has 0 spiro atoms. The minimum absolute atomic E-state index is 0.0307. The van der Waals surface area contributed by atoms with E-state index in [1.807, 2.05) is 6.20 Å². The van der Waals surface area contributed by atoms with Crippen LogP contribution in [0.1, 0.15) is 63.6 Å². The van der Waals surface area contributed by atoms with Crippen molar-refractivity contribution in [2.45, 2.75) is 78.4 Å². The largest absolute Gasteiger partial charge is 0.394 e. The average Bonchev–Trinajstić information content (AvgIpc) is 2.73. The molecule has 4 aliphatic rings. The van der Waals surface area contributed by atoms with Crippen molar-refractivity contribution in [1.29, 1.82) is 0 Å². The highest BCUT2D eigenvalue weighted by molar-refractivity contribution is 5.18. The molecule has 4 nitrogen and oxygen atoms in total. The highest BCUT2D eigenvalue weighted by Crippen LogP contribution is 2.71. The fourth-order valence-electron chi connectivity index (χ4n) is 7.43. The predicted molar refractivity (Wildman–Crippen MR) is 93.8 cm³/mol. The molecule has 4 bridgehead atoms. The van der Waals surface area contributed by atoms with Gasteiger partial charge in [-0.3, -0.25) is 4.68 Å². The smallest absolute Gasteiger partial charge is 0.0705 e. The molecule has 24 heavy (non-hydrogen) atoms. The topological polar surface area (TPSA) is 47.3 Å². The molecule has 1 aromatic rings. The third kappa shape index (κ3) is 2.53. The number of nitrogens with zero attached hydrogens (tertiary/aromatic N) is 2. The zero-order valence-corrected chi connectivity index (χ0v) is 15.7. The van der Waals surface area contributed by atoms with Crippen LogP contribution in [0.25, 0.3) is 0 Å². The van der Waals surface area contributed by atoms with Gasteiger partial charge in [-0.05, 0) is 74.2 Å². The first-order valence-electron chi connectivity index (χ1n) is 9.44. The molecule has 0 aliphatic heterocycles. The monoisotopic (exact) mass is 332 g/mol. The van der Waals surface area contributed by atoms with Crippen molar-refractivity contribution in [3.05, 3.63) is 17.5 Å². The molecule has 2 atom stereocenters. The van der Waals surface area contributed by atoms with Crippen molar-refractivity contribution in [1.82, 2.24) is 9.78 Å². The summed E-state index contributed by atoms with van der Waals surface area (Å²) < 4.78 is 8.57. The fraction of sp³-hybridized carbons (Fsp3) is 0.850. The van der Waals surface area contributed by atoms with Gasteiger partial charge in [-0.15, -0.1) is 0 Å². The molecule has 4 heteroatoms. The SMILES string of the molecule is Cc1cnn(CC23CC4(C)CC(C)(C2)CC(OCCO)(C4)C3)c1C. The number of aliphatic hydroxyl groups is 1. The van der Waals surface area contributed by atoms with Crippen molar-refractivity contribution in [3.8, 4) is 0 Å². The molecule has 5 rings (SSSR count). The number of aromatic nitrogens is 2. The molecule has 0 amide bonds. The van der Waals surface area contributed by atoms with Gasteiger partial charge in [0.25, 0.3) is 0 Å². The van der Waals surface area contributed by atoms with Crippen LogP contribution in [-0.2, 0) is 11.3 Å². The van der Waals surface area contributed by atoms with Crippen LogP contribution in [0, 0.1) is 30.1 Å². The van der Waals surface area contributed by atoms with E-state index in [4.69, 9.17) is 4.74 Å². The Kier molecular flexibility index (Phi) is 3.51. The summed E-state index contributed by atoms with van der Waals surface area (Å²) in [6.45, 7) is 10.9. The minimum Gasteiger partial charge on any atom is -0.394 e. The number of aliphatic hydroxyl groups excluding tert-OH is 1. The highest BCUT2D eigenvalue weighted by atomic mass is 16.5. The number of hydrogen-bond acceptors (Lipinski definition) is 3. The Hall–Kier alpha value is -0.870. The molecular weight excluding hydrogens is 300 g/mol. The molecule has 0 saturated heterocycles. The summed E-state index contributed by atoms with van der Waals surface area (Å²) in [7, 11) is 0. The van der Waals surface area contributed by atoms with Crippen molar-refractivity contribution in [2.75, 3.05) is 13.2 Å². The van der Waals surface area contributed by atoms with Crippen LogP contribution in [0.3, 0.4) is 0 Å². The lowest BCUT2D eigenvalue weighted by atomic mass is 9.39. The van der Waals surface area contributed by atoms with Crippen LogP contribution in [0.4, 0.5) is 0 Å². The van der Waals surface area contributed by atoms with Crippen molar-refractivity contribution >= 4 is 0 Å². The lowest BCUT2D eigenvalue weighted by Gasteiger charge is -2.69. The molecule has 4 aliphatic carbocycles. The van der Waals surface area contributed by atoms with E-state index < -0.39 is 0 Å². The summed E-state index contributed by atoms with van der Waals surface area (Å²) in [5.74, 6) is 0. The molecule has 1 heterocycles. The van der Waals surface area contributed by atoms with Gasteiger partial charge in [0.05, 0.1) is 25.0 Å². The Labute approximate surface area is 145 Å². The van der Waals surface area contributed by atoms with Crippen molar-refractivity contribution in [2.24, 2.45) is 16.2 Å².